The molecule has 1 heterocycles. The Morgan fingerprint density at radius 1 is 1.32 bits per heavy atom. The zero-order valence-corrected chi connectivity index (χ0v) is 13.2. The number of carbonyl (C=O) groups excluding carboxylic acids is 1. The van der Waals surface area contributed by atoms with E-state index in [1.165, 1.54) is 23.1 Å². The molecule has 0 saturated heterocycles. The average molecular weight is 391 g/mol. The molecule has 19 heavy (non-hydrogen) atoms. The van der Waals surface area contributed by atoms with Crippen LogP contribution in [0.1, 0.15) is 16.1 Å². The fourth-order valence-electron chi connectivity index (χ4n) is 1.61. The van der Waals surface area contributed by atoms with Crippen molar-refractivity contribution in [3.05, 3.63) is 56.6 Å². The van der Waals surface area contributed by atoms with E-state index in [-0.39, 0.29) is 11.7 Å². The van der Waals surface area contributed by atoms with Crippen molar-refractivity contribution in [3.63, 3.8) is 0 Å². The van der Waals surface area contributed by atoms with E-state index < -0.39 is 0 Å². The number of furan rings is 1. The van der Waals surface area contributed by atoms with Crippen LogP contribution in [0.2, 0.25) is 0 Å². The monoisotopic (exact) mass is 389 g/mol. The normalized spacial score (nSPS) is 10.5. The molecule has 2 rings (SSSR count). The van der Waals surface area contributed by atoms with Gasteiger partial charge in [0, 0.05) is 11.5 Å². The van der Waals surface area contributed by atoms with Crippen molar-refractivity contribution in [2.24, 2.45) is 0 Å². The lowest BCUT2D eigenvalue weighted by Gasteiger charge is -2.16. The SMILES string of the molecule is CN(Cc1ccc(Br)o1)C(=O)c1ccc(F)cc1Br. The minimum atomic E-state index is -0.388. The maximum Gasteiger partial charge on any atom is 0.255 e. The molecule has 0 spiro atoms. The standard InChI is InChI=1S/C13H10Br2FNO2/c1-17(7-9-3-5-12(15)19-9)13(18)10-4-2-8(16)6-11(10)14/h2-6H,7H2,1H3. The van der Waals surface area contributed by atoms with Crippen LogP contribution in [0.4, 0.5) is 4.39 Å². The average Bonchev–Trinajstić information content (AvgIpc) is 2.74. The molecule has 100 valence electrons. The number of amides is 1. The first-order valence-corrected chi connectivity index (χ1v) is 7.00. The van der Waals surface area contributed by atoms with E-state index >= 15 is 0 Å². The fourth-order valence-corrected chi connectivity index (χ4v) is 2.47. The van der Waals surface area contributed by atoms with Gasteiger partial charge < -0.3 is 9.32 Å². The molecule has 0 aliphatic heterocycles. The van der Waals surface area contributed by atoms with Crippen LogP contribution in [0.25, 0.3) is 0 Å². The number of nitrogens with zero attached hydrogens (tertiary/aromatic N) is 1. The second-order valence-electron chi connectivity index (χ2n) is 3.99. The van der Waals surface area contributed by atoms with Crippen LogP contribution >= 0.6 is 31.9 Å². The summed E-state index contributed by atoms with van der Waals surface area (Å²) in [5.74, 6) is 0.0707. The molecule has 6 heteroatoms. The second-order valence-corrected chi connectivity index (χ2v) is 5.63. The Bertz CT molecular complexity index is 612. The van der Waals surface area contributed by atoms with Crippen molar-refractivity contribution >= 4 is 37.8 Å². The topological polar surface area (TPSA) is 33.5 Å². The first kappa shape index (κ1) is 14.3. The number of rotatable bonds is 3. The van der Waals surface area contributed by atoms with Crippen molar-refractivity contribution in [2.75, 3.05) is 7.05 Å². The lowest BCUT2D eigenvalue weighted by molar-refractivity contribution is 0.0774. The summed E-state index contributed by atoms with van der Waals surface area (Å²) in [7, 11) is 1.66. The molecular formula is C13H10Br2FNO2. The third kappa shape index (κ3) is 3.45. The van der Waals surface area contributed by atoms with Gasteiger partial charge in [0.05, 0.1) is 12.1 Å². The molecule has 1 amide bonds. The number of benzene rings is 1. The van der Waals surface area contributed by atoms with Gasteiger partial charge in [-0.05, 0) is 62.2 Å². The summed E-state index contributed by atoms with van der Waals surface area (Å²) in [6, 6.07) is 7.53. The predicted molar refractivity (Wildman–Crippen MR) is 76.3 cm³/mol. The molecule has 0 atom stereocenters. The lowest BCUT2D eigenvalue weighted by atomic mass is 10.2. The maximum atomic E-state index is 13.0. The van der Waals surface area contributed by atoms with Crippen molar-refractivity contribution in [1.29, 1.82) is 0 Å². The van der Waals surface area contributed by atoms with Crippen LogP contribution in [0, 0.1) is 5.82 Å². The Balaban J connectivity index is 2.14. The van der Waals surface area contributed by atoms with Gasteiger partial charge in [-0.3, -0.25) is 4.79 Å². The van der Waals surface area contributed by atoms with E-state index in [2.05, 4.69) is 31.9 Å². The molecule has 0 unspecified atom stereocenters. The van der Waals surface area contributed by atoms with Crippen LogP contribution in [-0.2, 0) is 6.54 Å². The molecule has 0 radical (unpaired) electrons. The first-order chi connectivity index (χ1) is 8.97. The van der Waals surface area contributed by atoms with E-state index in [0.717, 1.165) is 0 Å². The fraction of sp³-hybridized carbons (Fsp3) is 0.154. The van der Waals surface area contributed by atoms with Gasteiger partial charge in [-0.25, -0.2) is 4.39 Å². The van der Waals surface area contributed by atoms with E-state index in [0.29, 0.717) is 27.0 Å². The molecular weight excluding hydrogens is 381 g/mol. The van der Waals surface area contributed by atoms with Crippen molar-refractivity contribution in [2.45, 2.75) is 6.54 Å². The highest BCUT2D eigenvalue weighted by Crippen LogP contribution is 2.21. The van der Waals surface area contributed by atoms with Crippen LogP contribution in [0.15, 0.2) is 43.9 Å². The second kappa shape index (κ2) is 5.88. The van der Waals surface area contributed by atoms with Gasteiger partial charge in [-0.15, -0.1) is 0 Å². The highest BCUT2D eigenvalue weighted by atomic mass is 79.9. The smallest absolute Gasteiger partial charge is 0.255 e. The Hall–Kier alpha value is -1.14. The van der Waals surface area contributed by atoms with Crippen LogP contribution in [0.3, 0.4) is 0 Å². The van der Waals surface area contributed by atoms with Crippen molar-refractivity contribution in [1.82, 2.24) is 4.90 Å². The largest absolute Gasteiger partial charge is 0.452 e. The van der Waals surface area contributed by atoms with Gasteiger partial charge in [0.25, 0.3) is 5.91 Å². The minimum absolute atomic E-state index is 0.209. The summed E-state index contributed by atoms with van der Waals surface area (Å²) < 4.78 is 19.4. The molecule has 0 saturated carbocycles. The van der Waals surface area contributed by atoms with E-state index in [9.17, 15) is 9.18 Å². The predicted octanol–water partition coefficient (Wildman–Crippen LogP) is 4.22. The van der Waals surface area contributed by atoms with Crippen LogP contribution in [-0.4, -0.2) is 17.9 Å². The van der Waals surface area contributed by atoms with Gasteiger partial charge in [0.15, 0.2) is 4.67 Å². The quantitative estimate of drug-likeness (QED) is 0.786. The van der Waals surface area contributed by atoms with Crippen molar-refractivity contribution < 1.29 is 13.6 Å². The van der Waals surface area contributed by atoms with Crippen LogP contribution < -0.4 is 0 Å². The van der Waals surface area contributed by atoms with E-state index in [1.807, 2.05) is 0 Å². The number of halogens is 3. The van der Waals surface area contributed by atoms with E-state index in [4.69, 9.17) is 4.42 Å². The zero-order chi connectivity index (χ0) is 14.0. The molecule has 0 bridgehead atoms. The first-order valence-electron chi connectivity index (χ1n) is 5.42. The highest BCUT2D eigenvalue weighted by molar-refractivity contribution is 9.10. The summed E-state index contributed by atoms with van der Waals surface area (Å²) in [6.45, 7) is 0.342. The third-order valence-corrected chi connectivity index (χ3v) is 3.61. The highest BCUT2D eigenvalue weighted by Gasteiger charge is 2.16. The molecule has 0 fully saturated rings. The Morgan fingerprint density at radius 2 is 2.05 bits per heavy atom. The summed E-state index contributed by atoms with van der Waals surface area (Å²) in [5.41, 5.74) is 0.412. The minimum Gasteiger partial charge on any atom is -0.452 e. The summed E-state index contributed by atoms with van der Waals surface area (Å²) >= 11 is 6.39. The Morgan fingerprint density at radius 3 is 2.63 bits per heavy atom. The van der Waals surface area contributed by atoms with Gasteiger partial charge in [-0.1, -0.05) is 0 Å². The number of carbonyl (C=O) groups is 1. The Labute approximate surface area is 126 Å². The van der Waals surface area contributed by atoms with Crippen LogP contribution in [0.5, 0.6) is 0 Å². The Kier molecular flexibility index (Phi) is 4.42. The summed E-state index contributed by atoms with van der Waals surface area (Å²) in [5, 5.41) is 0. The molecule has 0 aliphatic carbocycles. The van der Waals surface area contributed by atoms with Gasteiger partial charge in [0.1, 0.15) is 11.6 Å². The van der Waals surface area contributed by atoms with E-state index in [1.54, 1.807) is 19.2 Å². The van der Waals surface area contributed by atoms with Gasteiger partial charge >= 0.3 is 0 Å². The molecule has 0 aliphatic rings. The van der Waals surface area contributed by atoms with Gasteiger partial charge in [0.2, 0.25) is 0 Å². The number of hydrogen-bond donors (Lipinski definition) is 0. The molecule has 1 aromatic carbocycles. The maximum absolute atomic E-state index is 13.0. The molecule has 3 nitrogen and oxygen atoms in total. The molecule has 2 aromatic rings. The zero-order valence-electron chi connectivity index (χ0n) is 9.99. The van der Waals surface area contributed by atoms with Crippen molar-refractivity contribution in [3.8, 4) is 0 Å². The number of hydrogen-bond acceptors (Lipinski definition) is 2. The van der Waals surface area contributed by atoms with Gasteiger partial charge in [-0.2, -0.15) is 0 Å². The molecule has 1 aromatic heterocycles. The summed E-state index contributed by atoms with van der Waals surface area (Å²) in [6.07, 6.45) is 0. The lowest BCUT2D eigenvalue weighted by Crippen LogP contribution is -2.26. The molecule has 0 N–H and O–H groups in total. The third-order valence-electron chi connectivity index (χ3n) is 2.53. The summed E-state index contributed by atoms with van der Waals surface area (Å²) in [4.78, 5) is 13.7.